The lowest BCUT2D eigenvalue weighted by atomic mass is 10.00. The highest BCUT2D eigenvalue weighted by Crippen LogP contribution is 2.26. The average molecular weight is 539 g/mol. The predicted molar refractivity (Wildman–Crippen MR) is 135 cm³/mol. The van der Waals surface area contributed by atoms with Crippen LogP contribution in [-0.2, 0) is 16.0 Å². The van der Waals surface area contributed by atoms with Crippen LogP contribution in [0.4, 0.5) is 13.2 Å². The van der Waals surface area contributed by atoms with Gasteiger partial charge in [0.1, 0.15) is 5.52 Å². The number of halogens is 3. The van der Waals surface area contributed by atoms with Gasteiger partial charge in [-0.2, -0.15) is 13.2 Å². The van der Waals surface area contributed by atoms with E-state index in [4.69, 9.17) is 25.8 Å². The highest BCUT2D eigenvalue weighted by Gasteiger charge is 2.38. The monoisotopic (exact) mass is 538 g/mol. The summed E-state index contributed by atoms with van der Waals surface area (Å²) >= 11 is 0. The van der Waals surface area contributed by atoms with Crippen LogP contribution in [0.5, 0.6) is 0 Å². The van der Waals surface area contributed by atoms with E-state index >= 15 is 0 Å². The van der Waals surface area contributed by atoms with Crippen LogP contribution in [0.1, 0.15) is 47.9 Å². The number of aliphatic hydroxyl groups is 1. The normalized spacial score (nSPS) is 13.8. The summed E-state index contributed by atoms with van der Waals surface area (Å²) in [6, 6.07) is 12.5. The summed E-state index contributed by atoms with van der Waals surface area (Å²) in [6.07, 6.45) is -3.83. The van der Waals surface area contributed by atoms with Gasteiger partial charge in [-0.05, 0) is 74.9 Å². The summed E-state index contributed by atoms with van der Waals surface area (Å²) < 4.78 is 37.6. The molecular formula is C26H33F3N4O5. The van der Waals surface area contributed by atoms with Crippen molar-refractivity contribution in [3.8, 4) is 0 Å². The molecule has 0 fully saturated rings. The maximum Gasteiger partial charge on any atom is 0.490 e. The van der Waals surface area contributed by atoms with Crippen LogP contribution in [0.2, 0.25) is 0 Å². The average Bonchev–Trinajstić information content (AvgIpc) is 3.27. The number of hydrogen-bond acceptors (Lipinski definition) is 7. The SMILES string of the molecule is Cc1cc2nc(C(O)[C@@H](CCc3ccccc3)NC(=O)[C@H](N)CCCN)oc2cc1C.O=C(O)C(F)(F)F. The molecule has 1 unspecified atom stereocenters. The van der Waals surface area contributed by atoms with Crippen molar-refractivity contribution in [1.82, 2.24) is 10.3 Å². The van der Waals surface area contributed by atoms with E-state index in [1.165, 1.54) is 0 Å². The molecule has 0 aliphatic heterocycles. The van der Waals surface area contributed by atoms with Gasteiger partial charge in [-0.1, -0.05) is 30.3 Å². The largest absolute Gasteiger partial charge is 0.490 e. The second-order valence-electron chi connectivity index (χ2n) is 8.88. The van der Waals surface area contributed by atoms with Crippen LogP contribution in [0.25, 0.3) is 11.1 Å². The number of carbonyl (C=O) groups excluding carboxylic acids is 1. The number of benzene rings is 2. The van der Waals surface area contributed by atoms with Gasteiger partial charge in [-0.3, -0.25) is 4.79 Å². The summed E-state index contributed by atoms with van der Waals surface area (Å²) in [4.78, 5) is 26.0. The molecule has 0 saturated carbocycles. The quantitative estimate of drug-likeness (QED) is 0.262. The molecule has 1 heterocycles. The second-order valence-corrected chi connectivity index (χ2v) is 8.88. The second kappa shape index (κ2) is 13.9. The molecule has 9 nitrogen and oxygen atoms in total. The number of carboxylic acids is 1. The van der Waals surface area contributed by atoms with E-state index in [1.807, 2.05) is 56.3 Å². The van der Waals surface area contributed by atoms with Gasteiger partial charge in [0.25, 0.3) is 0 Å². The van der Waals surface area contributed by atoms with E-state index in [2.05, 4.69) is 10.3 Å². The Hall–Kier alpha value is -3.48. The minimum atomic E-state index is -5.08. The number of nitrogens with two attached hydrogens (primary N) is 2. The van der Waals surface area contributed by atoms with E-state index in [0.717, 1.165) is 16.7 Å². The van der Waals surface area contributed by atoms with Gasteiger partial charge in [-0.15, -0.1) is 0 Å². The number of aromatic nitrogens is 1. The smallest absolute Gasteiger partial charge is 0.475 e. The number of carbonyl (C=O) groups is 2. The summed E-state index contributed by atoms with van der Waals surface area (Å²) in [7, 11) is 0. The van der Waals surface area contributed by atoms with Gasteiger partial charge in [0.15, 0.2) is 11.7 Å². The topological polar surface area (TPSA) is 165 Å². The van der Waals surface area contributed by atoms with Crippen LogP contribution in [0.15, 0.2) is 46.9 Å². The molecule has 3 atom stereocenters. The molecular weight excluding hydrogens is 505 g/mol. The van der Waals surface area contributed by atoms with E-state index in [9.17, 15) is 23.1 Å². The van der Waals surface area contributed by atoms with Crippen LogP contribution >= 0.6 is 0 Å². The predicted octanol–water partition coefficient (Wildman–Crippen LogP) is 3.30. The van der Waals surface area contributed by atoms with Crippen molar-refractivity contribution in [3.63, 3.8) is 0 Å². The molecule has 208 valence electrons. The van der Waals surface area contributed by atoms with Crippen LogP contribution < -0.4 is 16.8 Å². The minimum absolute atomic E-state index is 0.189. The fraction of sp³-hybridized carbons (Fsp3) is 0.423. The number of hydrogen-bond donors (Lipinski definition) is 5. The first kappa shape index (κ1) is 30.7. The van der Waals surface area contributed by atoms with Crippen molar-refractivity contribution in [2.24, 2.45) is 11.5 Å². The lowest BCUT2D eigenvalue weighted by Gasteiger charge is -2.24. The molecule has 2 aromatic carbocycles. The van der Waals surface area contributed by atoms with Gasteiger partial charge >= 0.3 is 12.1 Å². The van der Waals surface area contributed by atoms with Crippen molar-refractivity contribution < 1.29 is 37.4 Å². The van der Waals surface area contributed by atoms with Gasteiger partial charge in [0, 0.05) is 0 Å². The summed E-state index contributed by atoms with van der Waals surface area (Å²) in [5, 5.41) is 21.1. The van der Waals surface area contributed by atoms with E-state index in [-0.39, 0.29) is 11.8 Å². The molecule has 0 aliphatic rings. The fourth-order valence-electron chi connectivity index (χ4n) is 3.53. The number of aliphatic carboxylic acids is 1. The van der Waals surface area contributed by atoms with Crippen molar-refractivity contribution in [2.45, 2.75) is 63.9 Å². The van der Waals surface area contributed by atoms with Gasteiger partial charge in [-0.25, -0.2) is 9.78 Å². The third-order valence-corrected chi connectivity index (χ3v) is 5.87. The third-order valence-electron chi connectivity index (χ3n) is 5.87. The molecule has 0 bridgehead atoms. The van der Waals surface area contributed by atoms with Crippen LogP contribution in [0, 0.1) is 13.8 Å². The molecule has 7 N–H and O–H groups in total. The Balaban J connectivity index is 0.000000638. The number of fused-ring (bicyclic) bond motifs is 1. The molecule has 0 saturated heterocycles. The number of rotatable bonds is 10. The lowest BCUT2D eigenvalue weighted by molar-refractivity contribution is -0.192. The molecule has 38 heavy (non-hydrogen) atoms. The highest BCUT2D eigenvalue weighted by atomic mass is 19.4. The maximum absolute atomic E-state index is 12.6. The van der Waals surface area contributed by atoms with Gasteiger partial charge in [0.2, 0.25) is 11.8 Å². The summed E-state index contributed by atoms with van der Waals surface area (Å²) in [5.41, 5.74) is 16.1. The Morgan fingerprint density at radius 1 is 1.11 bits per heavy atom. The number of aryl methyl sites for hydroxylation is 3. The molecule has 3 rings (SSSR count). The van der Waals surface area contributed by atoms with Crippen molar-refractivity contribution in [1.29, 1.82) is 0 Å². The first-order chi connectivity index (χ1) is 17.8. The number of nitrogens with zero attached hydrogens (tertiary/aromatic N) is 1. The van der Waals surface area contributed by atoms with Crippen molar-refractivity contribution >= 4 is 23.0 Å². The molecule has 0 radical (unpaired) electrons. The zero-order valence-corrected chi connectivity index (χ0v) is 21.2. The van der Waals surface area contributed by atoms with E-state index < -0.39 is 30.3 Å². The third kappa shape index (κ3) is 9.12. The van der Waals surface area contributed by atoms with E-state index in [1.54, 1.807) is 0 Å². The molecule has 12 heteroatoms. The fourth-order valence-corrected chi connectivity index (χ4v) is 3.53. The number of carboxylic acid groups (broad SMARTS) is 1. The Morgan fingerprint density at radius 3 is 2.29 bits per heavy atom. The van der Waals surface area contributed by atoms with Gasteiger partial charge in [0.05, 0.1) is 12.1 Å². The first-order valence-corrected chi connectivity index (χ1v) is 12.0. The molecule has 0 aliphatic carbocycles. The van der Waals surface area contributed by atoms with Crippen LogP contribution in [-0.4, -0.2) is 51.9 Å². The standard InChI is InChI=1S/C24H32N4O3.C2HF3O2/c1-15-13-20-21(14-16(15)2)31-24(28-20)22(29)19(11-10-17-7-4-3-5-8-17)27-23(30)18(26)9-6-12-25;3-2(4,5)1(6)7/h3-5,7-8,13-14,18-19,22,29H,6,9-12,25-26H2,1-2H3,(H,27,30);(H,6,7)/t18-,19-,22?;/m1./s1. The first-order valence-electron chi connectivity index (χ1n) is 12.0. The number of oxazole rings is 1. The van der Waals surface area contributed by atoms with Crippen LogP contribution in [0.3, 0.4) is 0 Å². The minimum Gasteiger partial charge on any atom is -0.475 e. The number of amides is 1. The summed E-state index contributed by atoms with van der Waals surface area (Å²) in [5.74, 6) is -2.88. The molecule has 0 spiro atoms. The zero-order chi connectivity index (χ0) is 28.5. The summed E-state index contributed by atoms with van der Waals surface area (Å²) in [6.45, 7) is 4.48. The van der Waals surface area contributed by atoms with Crippen molar-refractivity contribution in [2.75, 3.05) is 6.54 Å². The Kier molecular flexibility index (Phi) is 11.2. The molecule has 3 aromatic rings. The van der Waals surface area contributed by atoms with E-state index in [0.29, 0.717) is 43.3 Å². The Morgan fingerprint density at radius 2 is 1.71 bits per heavy atom. The van der Waals surface area contributed by atoms with Crippen molar-refractivity contribution in [3.05, 3.63) is 65.0 Å². The number of nitrogens with one attached hydrogen (secondary N) is 1. The highest BCUT2D eigenvalue weighted by molar-refractivity contribution is 5.81. The van der Waals surface area contributed by atoms with Gasteiger partial charge < -0.3 is 31.4 Å². The zero-order valence-electron chi connectivity index (χ0n) is 21.2. The lowest BCUT2D eigenvalue weighted by Crippen LogP contribution is -2.48. The number of alkyl halides is 3. The number of aliphatic hydroxyl groups excluding tert-OH is 1. The molecule has 1 amide bonds. The Labute approximate surface area is 218 Å². The Bertz CT molecular complexity index is 1160. The molecule has 1 aromatic heterocycles. The maximum atomic E-state index is 12.6.